The summed E-state index contributed by atoms with van der Waals surface area (Å²) in [7, 11) is 0. The van der Waals surface area contributed by atoms with Crippen LogP contribution >= 0.6 is 11.6 Å². The maximum Gasteiger partial charge on any atom is 0.339 e. The van der Waals surface area contributed by atoms with Gasteiger partial charge in [-0.2, -0.15) is 0 Å². The van der Waals surface area contributed by atoms with Crippen molar-refractivity contribution >= 4 is 35.2 Å². The van der Waals surface area contributed by atoms with Crippen LogP contribution in [0.3, 0.4) is 0 Å². The molecule has 0 radical (unpaired) electrons. The summed E-state index contributed by atoms with van der Waals surface area (Å²) in [5, 5.41) is 16.5. The number of amides is 3. The smallest absolute Gasteiger partial charge is 0.339 e. The predicted molar refractivity (Wildman–Crippen MR) is 76.6 cm³/mol. The van der Waals surface area contributed by atoms with Crippen LogP contribution in [-0.4, -0.2) is 35.6 Å². The van der Waals surface area contributed by atoms with Gasteiger partial charge < -0.3 is 21.1 Å². The van der Waals surface area contributed by atoms with Crippen LogP contribution in [0.4, 0.5) is 10.5 Å². The van der Waals surface area contributed by atoms with Gasteiger partial charge >= 0.3 is 12.0 Å². The molecule has 1 fully saturated rings. The number of rotatable bonds is 5. The van der Waals surface area contributed by atoms with Gasteiger partial charge in [0.05, 0.1) is 17.3 Å². The standard InChI is InChI=1S/C13H14ClN3O4/c14-8-2-1-3-9(11(8)12(19)20)17-13(21)15-6-10(18)16-7-4-5-7/h1-3,7H,4-6H2,(H,16,18)(H,19,20)(H2,15,17,21). The summed E-state index contributed by atoms with van der Waals surface area (Å²) in [4.78, 5) is 34.2. The maximum absolute atomic E-state index is 11.7. The molecule has 0 aliphatic heterocycles. The maximum atomic E-state index is 11.7. The number of benzene rings is 1. The SMILES string of the molecule is O=C(CNC(=O)Nc1cccc(Cl)c1C(=O)O)NC1CC1. The highest BCUT2D eigenvalue weighted by atomic mass is 35.5. The van der Waals surface area contributed by atoms with Crippen LogP contribution in [0.2, 0.25) is 5.02 Å². The fourth-order valence-corrected chi connectivity index (χ4v) is 1.93. The van der Waals surface area contributed by atoms with E-state index in [1.807, 2.05) is 0 Å². The monoisotopic (exact) mass is 311 g/mol. The van der Waals surface area contributed by atoms with Crippen molar-refractivity contribution in [3.05, 3.63) is 28.8 Å². The largest absolute Gasteiger partial charge is 0.478 e. The first-order valence-corrected chi connectivity index (χ1v) is 6.71. The van der Waals surface area contributed by atoms with Gasteiger partial charge in [-0.3, -0.25) is 4.79 Å². The van der Waals surface area contributed by atoms with Gasteiger partial charge in [-0.25, -0.2) is 9.59 Å². The topological polar surface area (TPSA) is 108 Å². The van der Waals surface area contributed by atoms with Crippen molar-refractivity contribution in [3.8, 4) is 0 Å². The molecule has 0 bridgehead atoms. The number of aromatic carboxylic acids is 1. The van der Waals surface area contributed by atoms with E-state index in [9.17, 15) is 14.4 Å². The van der Waals surface area contributed by atoms with Gasteiger partial charge in [0.2, 0.25) is 5.91 Å². The fourth-order valence-electron chi connectivity index (χ4n) is 1.68. The summed E-state index contributed by atoms with van der Waals surface area (Å²) in [6.45, 7) is -0.175. The molecular formula is C13H14ClN3O4. The highest BCUT2D eigenvalue weighted by molar-refractivity contribution is 6.34. The van der Waals surface area contributed by atoms with E-state index >= 15 is 0 Å². The van der Waals surface area contributed by atoms with Crippen LogP contribution in [0.5, 0.6) is 0 Å². The van der Waals surface area contributed by atoms with E-state index in [1.54, 1.807) is 0 Å². The zero-order chi connectivity index (χ0) is 15.4. The number of hydrogen-bond donors (Lipinski definition) is 4. The fraction of sp³-hybridized carbons (Fsp3) is 0.308. The Morgan fingerprint density at radius 1 is 1.29 bits per heavy atom. The van der Waals surface area contributed by atoms with Crippen LogP contribution < -0.4 is 16.0 Å². The molecule has 1 aromatic rings. The van der Waals surface area contributed by atoms with Crippen molar-refractivity contribution < 1.29 is 19.5 Å². The lowest BCUT2D eigenvalue weighted by atomic mass is 10.2. The van der Waals surface area contributed by atoms with Crippen molar-refractivity contribution in [3.63, 3.8) is 0 Å². The zero-order valence-corrected chi connectivity index (χ0v) is 11.7. The Balaban J connectivity index is 1.91. The third kappa shape index (κ3) is 4.35. The molecule has 1 saturated carbocycles. The highest BCUT2D eigenvalue weighted by Crippen LogP contribution is 2.24. The molecule has 0 heterocycles. The molecule has 1 aliphatic carbocycles. The number of carboxylic acids is 1. The molecule has 0 spiro atoms. The van der Waals surface area contributed by atoms with Gasteiger partial charge in [0.1, 0.15) is 5.56 Å². The van der Waals surface area contributed by atoms with Crippen LogP contribution in [0.25, 0.3) is 0 Å². The van der Waals surface area contributed by atoms with Crippen molar-refractivity contribution in [2.75, 3.05) is 11.9 Å². The van der Waals surface area contributed by atoms with Gasteiger partial charge in [-0.1, -0.05) is 17.7 Å². The molecule has 3 amide bonds. The Labute approximate surface area is 125 Å². The average molecular weight is 312 g/mol. The van der Waals surface area contributed by atoms with Crippen molar-refractivity contribution in [2.24, 2.45) is 0 Å². The lowest BCUT2D eigenvalue weighted by molar-refractivity contribution is -0.120. The summed E-state index contributed by atoms with van der Waals surface area (Å²) >= 11 is 5.78. The number of urea groups is 1. The number of carbonyl (C=O) groups is 3. The van der Waals surface area contributed by atoms with E-state index in [-0.39, 0.29) is 34.8 Å². The quantitative estimate of drug-likeness (QED) is 0.660. The number of nitrogens with one attached hydrogen (secondary N) is 3. The number of anilines is 1. The summed E-state index contributed by atoms with van der Waals surface area (Å²) < 4.78 is 0. The van der Waals surface area contributed by atoms with E-state index in [0.29, 0.717) is 0 Å². The second-order valence-electron chi connectivity index (χ2n) is 4.62. The normalized spacial score (nSPS) is 13.4. The summed E-state index contributed by atoms with van der Waals surface area (Å²) in [5.74, 6) is -1.53. The molecule has 0 aromatic heterocycles. The van der Waals surface area contributed by atoms with Crippen LogP contribution in [-0.2, 0) is 4.79 Å². The Hall–Kier alpha value is -2.28. The average Bonchev–Trinajstić information content (AvgIpc) is 3.20. The summed E-state index contributed by atoms with van der Waals surface area (Å²) in [6, 6.07) is 3.89. The van der Waals surface area contributed by atoms with E-state index in [4.69, 9.17) is 16.7 Å². The number of hydrogen-bond acceptors (Lipinski definition) is 3. The van der Waals surface area contributed by atoms with Crippen LogP contribution in [0.1, 0.15) is 23.2 Å². The summed E-state index contributed by atoms with van der Waals surface area (Å²) in [5.41, 5.74) is -0.133. The van der Waals surface area contributed by atoms with E-state index in [0.717, 1.165) is 12.8 Å². The second-order valence-corrected chi connectivity index (χ2v) is 5.02. The van der Waals surface area contributed by atoms with Crippen molar-refractivity contribution in [1.29, 1.82) is 0 Å². The first kappa shape index (κ1) is 15.1. The molecule has 0 atom stereocenters. The van der Waals surface area contributed by atoms with Gasteiger partial charge in [0, 0.05) is 6.04 Å². The Morgan fingerprint density at radius 2 is 2.00 bits per heavy atom. The molecule has 1 aromatic carbocycles. The molecule has 1 aliphatic rings. The molecule has 0 unspecified atom stereocenters. The van der Waals surface area contributed by atoms with Gasteiger partial charge in [0.15, 0.2) is 0 Å². The minimum Gasteiger partial charge on any atom is -0.478 e. The van der Waals surface area contributed by atoms with E-state index in [1.165, 1.54) is 18.2 Å². The Morgan fingerprint density at radius 3 is 2.62 bits per heavy atom. The number of carbonyl (C=O) groups excluding carboxylic acids is 2. The third-order valence-corrected chi connectivity index (χ3v) is 3.14. The highest BCUT2D eigenvalue weighted by Gasteiger charge is 2.23. The first-order chi connectivity index (χ1) is 9.97. The molecule has 8 heteroatoms. The molecule has 112 valence electrons. The lowest BCUT2D eigenvalue weighted by Crippen LogP contribution is -2.39. The van der Waals surface area contributed by atoms with Crippen LogP contribution in [0.15, 0.2) is 18.2 Å². The Bertz CT molecular complexity index is 587. The third-order valence-electron chi connectivity index (χ3n) is 2.83. The Kier molecular flexibility index (Phi) is 4.64. The molecule has 7 nitrogen and oxygen atoms in total. The van der Waals surface area contributed by atoms with Gasteiger partial charge in [0.25, 0.3) is 0 Å². The van der Waals surface area contributed by atoms with Crippen molar-refractivity contribution in [2.45, 2.75) is 18.9 Å². The minimum absolute atomic E-state index is 0.0202. The summed E-state index contributed by atoms with van der Waals surface area (Å²) in [6.07, 6.45) is 1.92. The first-order valence-electron chi connectivity index (χ1n) is 6.33. The van der Waals surface area contributed by atoms with E-state index < -0.39 is 12.0 Å². The lowest BCUT2D eigenvalue weighted by Gasteiger charge is -2.10. The van der Waals surface area contributed by atoms with Crippen molar-refractivity contribution in [1.82, 2.24) is 10.6 Å². The molecule has 4 N–H and O–H groups in total. The number of carboxylic acid groups (broad SMARTS) is 1. The molecule has 2 rings (SSSR count). The zero-order valence-electron chi connectivity index (χ0n) is 11.0. The van der Waals surface area contributed by atoms with Gasteiger partial charge in [-0.15, -0.1) is 0 Å². The second kappa shape index (κ2) is 6.45. The van der Waals surface area contributed by atoms with Gasteiger partial charge in [-0.05, 0) is 25.0 Å². The van der Waals surface area contributed by atoms with E-state index in [2.05, 4.69) is 16.0 Å². The molecular weight excluding hydrogens is 298 g/mol. The minimum atomic E-state index is -1.25. The predicted octanol–water partition coefficient (Wildman–Crippen LogP) is 1.44. The molecule has 21 heavy (non-hydrogen) atoms. The number of halogens is 1. The van der Waals surface area contributed by atoms with Crippen LogP contribution in [0, 0.1) is 0 Å². The molecule has 0 saturated heterocycles.